The van der Waals surface area contributed by atoms with Crippen molar-refractivity contribution in [3.05, 3.63) is 59.7 Å². The fraction of sp³-hybridized carbons (Fsp3) is 0. The van der Waals surface area contributed by atoms with E-state index in [1.165, 1.54) is 48.5 Å². The van der Waals surface area contributed by atoms with Crippen LogP contribution in [0.25, 0.3) is 0 Å². The Morgan fingerprint density at radius 1 is 0.650 bits per heavy atom. The van der Waals surface area contributed by atoms with Crippen LogP contribution < -0.4 is 0 Å². The van der Waals surface area contributed by atoms with Crippen LogP contribution in [0.15, 0.2) is 48.5 Å². The number of aromatic carboxylic acids is 2. The molecule has 0 fully saturated rings. The van der Waals surface area contributed by atoms with Gasteiger partial charge in [0.25, 0.3) is 0 Å². The molecular weight excluding hydrogens is 264 g/mol. The van der Waals surface area contributed by atoms with Crippen molar-refractivity contribution in [2.45, 2.75) is 0 Å². The summed E-state index contributed by atoms with van der Waals surface area (Å²) in [6.07, 6.45) is 0. The maximum absolute atomic E-state index is 10.5. The number of rotatable bonds is 2. The lowest BCUT2D eigenvalue weighted by Crippen LogP contribution is -2.06. The number of hydrogen-bond acceptors (Lipinski definition) is 4. The second kappa shape index (κ2) is 6.79. The van der Waals surface area contributed by atoms with Crippen LogP contribution >= 0.6 is 0 Å². The summed E-state index contributed by atoms with van der Waals surface area (Å²) in [6.45, 7) is 0. The van der Waals surface area contributed by atoms with Crippen LogP contribution in [0.5, 0.6) is 11.5 Å². The van der Waals surface area contributed by atoms with Crippen LogP contribution in [0.3, 0.4) is 0 Å². The van der Waals surface area contributed by atoms with Crippen molar-refractivity contribution in [1.29, 1.82) is 0 Å². The zero-order valence-corrected chi connectivity index (χ0v) is 10.2. The number of carbonyl (C=O) groups is 2. The first-order chi connectivity index (χ1) is 9.41. The van der Waals surface area contributed by atoms with E-state index >= 15 is 0 Å². The Morgan fingerprint density at radius 3 is 1.20 bits per heavy atom. The molecule has 0 aromatic heterocycles. The Labute approximate surface area is 114 Å². The minimum atomic E-state index is -1.23. The van der Waals surface area contributed by atoms with Gasteiger partial charge >= 0.3 is 11.9 Å². The first-order valence-corrected chi connectivity index (χ1v) is 5.45. The van der Waals surface area contributed by atoms with E-state index in [4.69, 9.17) is 20.4 Å². The highest BCUT2D eigenvalue weighted by Crippen LogP contribution is 2.13. The zero-order valence-electron chi connectivity index (χ0n) is 10.2. The largest absolute Gasteiger partial charge is 0.508 e. The monoisotopic (exact) mass is 276 g/mol. The van der Waals surface area contributed by atoms with E-state index in [0.29, 0.717) is 0 Å². The number of aromatic hydroxyl groups is 2. The molecule has 104 valence electrons. The van der Waals surface area contributed by atoms with Gasteiger partial charge in [-0.1, -0.05) is 12.1 Å². The molecule has 2 aromatic rings. The summed E-state index contributed by atoms with van der Waals surface area (Å²) in [5.41, 5.74) is -0.380. The maximum Gasteiger partial charge on any atom is 0.336 e. The normalized spacial score (nSPS) is 9.20. The topological polar surface area (TPSA) is 115 Å². The van der Waals surface area contributed by atoms with E-state index in [2.05, 4.69) is 0 Å². The van der Waals surface area contributed by atoms with E-state index in [0.717, 1.165) is 0 Å². The summed E-state index contributed by atoms with van der Waals surface area (Å²) in [6, 6.07) is 11.2. The fourth-order valence-electron chi connectivity index (χ4n) is 1.31. The van der Waals surface area contributed by atoms with Gasteiger partial charge in [0.15, 0.2) is 0 Å². The van der Waals surface area contributed by atoms with E-state index in [9.17, 15) is 9.59 Å². The predicted octanol–water partition coefficient (Wildman–Crippen LogP) is 2.18. The Hall–Kier alpha value is -3.02. The Kier molecular flexibility index (Phi) is 5.11. The summed E-state index contributed by atoms with van der Waals surface area (Å²) < 4.78 is 0. The van der Waals surface area contributed by atoms with Crippen molar-refractivity contribution in [1.82, 2.24) is 0 Å². The van der Waals surface area contributed by atoms with Gasteiger partial charge in [0.05, 0.1) is 11.1 Å². The minimum absolute atomic E-state index is 0.169. The average molecular weight is 276 g/mol. The first kappa shape index (κ1) is 15.0. The highest BCUT2D eigenvalue weighted by atomic mass is 16.4. The lowest BCUT2D eigenvalue weighted by Gasteiger charge is -1.98. The molecule has 4 N–H and O–H groups in total. The van der Waals surface area contributed by atoms with Crippen molar-refractivity contribution < 1.29 is 30.0 Å². The molecule has 0 aliphatic heterocycles. The van der Waals surface area contributed by atoms with Gasteiger partial charge < -0.3 is 20.4 Å². The maximum atomic E-state index is 10.5. The van der Waals surface area contributed by atoms with E-state index in [1.807, 2.05) is 0 Å². The lowest BCUT2D eigenvalue weighted by molar-refractivity contribution is 0.0651. The quantitative estimate of drug-likeness (QED) is 0.625. The van der Waals surface area contributed by atoms with Gasteiger partial charge in [-0.2, -0.15) is 0 Å². The zero-order chi connectivity index (χ0) is 15.1. The molecule has 0 atom stereocenters. The summed E-state index contributed by atoms with van der Waals surface area (Å²) >= 11 is 0. The second-order valence-corrected chi connectivity index (χ2v) is 3.67. The van der Waals surface area contributed by atoms with Gasteiger partial charge in [-0.3, -0.25) is 0 Å². The van der Waals surface area contributed by atoms with Crippen LogP contribution in [0.2, 0.25) is 0 Å². The molecule has 0 saturated carbocycles. The fourth-order valence-corrected chi connectivity index (χ4v) is 1.31. The number of carboxylic acids is 2. The number of carboxylic acid groups (broad SMARTS) is 2. The number of benzene rings is 2. The molecule has 20 heavy (non-hydrogen) atoms. The van der Waals surface area contributed by atoms with E-state index in [1.54, 1.807) is 0 Å². The van der Waals surface area contributed by atoms with E-state index in [-0.39, 0.29) is 22.6 Å². The molecule has 0 amide bonds. The third kappa shape index (κ3) is 4.34. The molecule has 0 saturated heterocycles. The second-order valence-electron chi connectivity index (χ2n) is 3.67. The molecular formula is C14H12O6. The summed E-state index contributed by atoms with van der Waals surface area (Å²) in [5.74, 6) is -2.12. The molecule has 0 bridgehead atoms. The molecule has 0 unspecified atom stereocenters. The summed E-state index contributed by atoms with van der Waals surface area (Å²) in [4.78, 5) is 20.9. The highest BCUT2D eigenvalue weighted by Gasteiger charge is 2.13. The van der Waals surface area contributed by atoms with Crippen LogP contribution in [0.4, 0.5) is 0 Å². The number of hydrogen-bond donors (Lipinski definition) is 4. The summed E-state index contributed by atoms with van der Waals surface area (Å²) in [7, 11) is 0. The molecule has 2 rings (SSSR count). The van der Waals surface area contributed by atoms with Gasteiger partial charge in [-0.05, 0) is 36.4 Å². The van der Waals surface area contributed by atoms with Crippen molar-refractivity contribution in [3.8, 4) is 11.5 Å². The first-order valence-electron chi connectivity index (χ1n) is 5.45. The molecule has 6 heteroatoms. The predicted molar refractivity (Wildman–Crippen MR) is 70.1 cm³/mol. The Balaban J connectivity index is 0.000000217. The van der Waals surface area contributed by atoms with Crippen molar-refractivity contribution >= 4 is 11.9 Å². The number of phenols is 2. The standard InChI is InChI=1S/C8H6O4.C6H6O2/c9-7(10)5-3-1-2-4-6(5)8(11)12;7-5-1-2-6(8)4-3-5/h1-4H,(H,9,10)(H,11,12);1-4,7-8H. The molecule has 6 nitrogen and oxygen atoms in total. The lowest BCUT2D eigenvalue weighted by atomic mass is 10.1. The minimum Gasteiger partial charge on any atom is -0.508 e. The van der Waals surface area contributed by atoms with Crippen molar-refractivity contribution in [3.63, 3.8) is 0 Å². The van der Waals surface area contributed by atoms with Crippen LogP contribution in [0, 0.1) is 0 Å². The molecule has 0 heterocycles. The SMILES string of the molecule is O=C(O)c1ccccc1C(=O)O.Oc1ccc(O)cc1. The number of phenolic OH excluding ortho intramolecular Hbond substituents is 2. The van der Waals surface area contributed by atoms with Gasteiger partial charge in [0.2, 0.25) is 0 Å². The van der Waals surface area contributed by atoms with Crippen molar-refractivity contribution in [2.24, 2.45) is 0 Å². The molecule has 0 radical (unpaired) electrons. The third-order valence-corrected chi connectivity index (χ3v) is 2.24. The smallest absolute Gasteiger partial charge is 0.336 e. The van der Waals surface area contributed by atoms with Crippen LogP contribution in [0.1, 0.15) is 20.7 Å². The molecule has 0 aliphatic rings. The average Bonchev–Trinajstić information content (AvgIpc) is 2.42. The summed E-state index contributed by atoms with van der Waals surface area (Å²) in [5, 5.41) is 34.4. The van der Waals surface area contributed by atoms with Gasteiger partial charge in [-0.15, -0.1) is 0 Å². The molecule has 2 aromatic carbocycles. The van der Waals surface area contributed by atoms with Crippen molar-refractivity contribution in [2.75, 3.05) is 0 Å². The van der Waals surface area contributed by atoms with Gasteiger partial charge in [-0.25, -0.2) is 9.59 Å². The molecule has 0 aliphatic carbocycles. The molecule has 0 spiro atoms. The Morgan fingerprint density at radius 2 is 0.950 bits per heavy atom. The van der Waals surface area contributed by atoms with Gasteiger partial charge in [0, 0.05) is 0 Å². The van der Waals surface area contributed by atoms with Crippen LogP contribution in [-0.2, 0) is 0 Å². The van der Waals surface area contributed by atoms with E-state index < -0.39 is 11.9 Å². The highest BCUT2D eigenvalue weighted by molar-refractivity contribution is 6.01. The third-order valence-electron chi connectivity index (χ3n) is 2.24. The van der Waals surface area contributed by atoms with Crippen LogP contribution in [-0.4, -0.2) is 32.4 Å². The Bertz CT molecular complexity index is 549. The van der Waals surface area contributed by atoms with Gasteiger partial charge in [0.1, 0.15) is 11.5 Å².